The molecule has 2 aliphatic rings. The Balaban J connectivity index is 1.46. The molecule has 2 heterocycles. The van der Waals surface area contributed by atoms with Crippen LogP contribution in [-0.2, 0) is 6.54 Å². The Kier molecular flexibility index (Phi) is 6.18. The summed E-state index contributed by atoms with van der Waals surface area (Å²) in [4.78, 5) is 14.1. The predicted octanol–water partition coefficient (Wildman–Crippen LogP) is 2.15. The van der Waals surface area contributed by atoms with Crippen LogP contribution in [0, 0.1) is 0 Å². The Morgan fingerprint density at radius 2 is 1.83 bits per heavy atom. The van der Waals surface area contributed by atoms with E-state index in [-0.39, 0.29) is 12.7 Å². The van der Waals surface area contributed by atoms with Crippen molar-refractivity contribution in [3.8, 4) is 17.2 Å². The highest BCUT2D eigenvalue weighted by molar-refractivity contribution is 6.01. The van der Waals surface area contributed by atoms with E-state index in [1.54, 1.807) is 30.2 Å². The summed E-state index contributed by atoms with van der Waals surface area (Å²) < 4.78 is 16.2. The number of carbonyl (C=O) groups is 1. The molecule has 1 amide bonds. The van der Waals surface area contributed by atoms with Crippen LogP contribution in [0.25, 0.3) is 0 Å². The summed E-state index contributed by atoms with van der Waals surface area (Å²) >= 11 is 0. The van der Waals surface area contributed by atoms with Crippen LogP contribution < -0.4 is 24.5 Å². The molecule has 0 radical (unpaired) electrons. The van der Waals surface area contributed by atoms with E-state index in [1.165, 1.54) is 37.9 Å². The van der Waals surface area contributed by atoms with E-state index in [4.69, 9.17) is 14.2 Å². The number of likely N-dealkylation sites (tertiary alicyclic amines) is 1. The number of hydrogen-bond donors (Lipinski definition) is 2. The van der Waals surface area contributed by atoms with Crippen LogP contribution >= 0.6 is 0 Å². The molecule has 0 aliphatic carbocycles. The Labute approximate surface area is 176 Å². The number of quaternary nitrogens is 1. The summed E-state index contributed by atoms with van der Waals surface area (Å²) in [6, 6.07) is 11.2. The second-order valence-electron chi connectivity index (χ2n) is 7.72. The number of amides is 1. The minimum Gasteiger partial charge on any atom is -0.496 e. The minimum absolute atomic E-state index is 0.177. The molecule has 2 aromatic carbocycles. The highest BCUT2D eigenvalue weighted by Crippen LogP contribution is 2.32. The molecule has 7 nitrogen and oxygen atoms in total. The smallest absolute Gasteiger partial charge is 0.271 e. The summed E-state index contributed by atoms with van der Waals surface area (Å²) in [7, 11) is 1.70. The first-order valence-electron chi connectivity index (χ1n) is 10.4. The number of ether oxygens (including phenoxy) is 3. The van der Waals surface area contributed by atoms with Crippen molar-refractivity contribution in [2.45, 2.75) is 32.7 Å². The van der Waals surface area contributed by atoms with Crippen molar-refractivity contribution in [2.24, 2.45) is 5.10 Å². The van der Waals surface area contributed by atoms with E-state index < -0.39 is 0 Å². The van der Waals surface area contributed by atoms with Crippen LogP contribution in [0.15, 0.2) is 41.5 Å². The van der Waals surface area contributed by atoms with Gasteiger partial charge in [-0.1, -0.05) is 0 Å². The lowest BCUT2D eigenvalue weighted by Crippen LogP contribution is -3.11. The molecule has 4 rings (SSSR count). The largest absolute Gasteiger partial charge is 0.496 e. The third-order valence-electron chi connectivity index (χ3n) is 5.66. The number of nitrogens with zero attached hydrogens (tertiary/aromatic N) is 1. The van der Waals surface area contributed by atoms with Crippen molar-refractivity contribution in [2.75, 3.05) is 27.0 Å². The Morgan fingerprint density at radius 3 is 2.63 bits per heavy atom. The summed E-state index contributed by atoms with van der Waals surface area (Å²) in [6.07, 6.45) is 3.89. The maximum absolute atomic E-state index is 12.5. The number of methoxy groups -OCH3 is 1. The lowest BCUT2D eigenvalue weighted by Gasteiger charge is -2.24. The highest BCUT2D eigenvalue weighted by Gasteiger charge is 2.18. The van der Waals surface area contributed by atoms with Crippen molar-refractivity contribution >= 4 is 11.6 Å². The Hall–Kier alpha value is -3.06. The number of hydrogen-bond acceptors (Lipinski definition) is 5. The number of carbonyl (C=O) groups excluding carboxylic acids is 1. The molecule has 0 spiro atoms. The Morgan fingerprint density at radius 1 is 1.07 bits per heavy atom. The topological polar surface area (TPSA) is 73.6 Å². The van der Waals surface area contributed by atoms with Gasteiger partial charge >= 0.3 is 0 Å². The van der Waals surface area contributed by atoms with Gasteiger partial charge in [-0.05, 0) is 68.1 Å². The zero-order chi connectivity index (χ0) is 20.9. The molecular formula is C23H28N3O4+. The molecule has 0 aromatic heterocycles. The van der Waals surface area contributed by atoms with Crippen LogP contribution in [0.3, 0.4) is 0 Å². The van der Waals surface area contributed by atoms with Crippen LogP contribution in [0.4, 0.5) is 0 Å². The fraction of sp³-hybridized carbons (Fsp3) is 0.391. The first kappa shape index (κ1) is 20.2. The second-order valence-corrected chi connectivity index (χ2v) is 7.72. The van der Waals surface area contributed by atoms with Crippen molar-refractivity contribution in [3.05, 3.63) is 53.1 Å². The van der Waals surface area contributed by atoms with E-state index >= 15 is 0 Å². The third kappa shape index (κ3) is 4.57. The average molecular weight is 410 g/mol. The minimum atomic E-state index is -0.292. The van der Waals surface area contributed by atoms with Gasteiger partial charge < -0.3 is 19.1 Å². The van der Waals surface area contributed by atoms with E-state index in [0.717, 1.165) is 23.6 Å². The van der Waals surface area contributed by atoms with Crippen LogP contribution in [0.1, 0.15) is 47.7 Å². The number of piperidine rings is 1. The molecule has 2 aromatic rings. The SMILES string of the molecule is COc1ccc(/C(C)=N\NC(=O)c2ccc3c(c2)OCO3)cc1C[NH+]1CCCCC1. The molecule has 30 heavy (non-hydrogen) atoms. The molecule has 1 saturated heterocycles. The first-order valence-corrected chi connectivity index (χ1v) is 10.4. The van der Waals surface area contributed by atoms with Crippen molar-refractivity contribution in [1.29, 1.82) is 0 Å². The lowest BCUT2D eigenvalue weighted by molar-refractivity contribution is -0.918. The van der Waals surface area contributed by atoms with Gasteiger partial charge in [-0.25, -0.2) is 5.43 Å². The van der Waals surface area contributed by atoms with Gasteiger partial charge in [0.05, 0.1) is 25.9 Å². The van der Waals surface area contributed by atoms with Crippen LogP contribution in [0.2, 0.25) is 0 Å². The predicted molar refractivity (Wildman–Crippen MR) is 113 cm³/mol. The molecule has 7 heteroatoms. The van der Waals surface area contributed by atoms with Crippen molar-refractivity contribution in [3.63, 3.8) is 0 Å². The number of fused-ring (bicyclic) bond motifs is 1. The highest BCUT2D eigenvalue weighted by atomic mass is 16.7. The van der Waals surface area contributed by atoms with Crippen molar-refractivity contribution < 1.29 is 23.9 Å². The molecule has 0 saturated carbocycles. The zero-order valence-corrected chi connectivity index (χ0v) is 17.5. The normalized spacial score (nSPS) is 16.4. The number of rotatable bonds is 6. The maximum Gasteiger partial charge on any atom is 0.271 e. The average Bonchev–Trinajstić information content (AvgIpc) is 3.26. The van der Waals surface area contributed by atoms with Gasteiger partial charge in [-0.2, -0.15) is 5.10 Å². The van der Waals surface area contributed by atoms with Gasteiger partial charge in [-0.15, -0.1) is 0 Å². The molecular weight excluding hydrogens is 382 g/mol. The quantitative estimate of drug-likeness (QED) is 0.565. The summed E-state index contributed by atoms with van der Waals surface area (Å²) in [5.74, 6) is 1.82. The molecule has 0 atom stereocenters. The molecule has 1 fully saturated rings. The molecule has 2 N–H and O–H groups in total. The van der Waals surface area contributed by atoms with E-state index in [9.17, 15) is 4.79 Å². The standard InChI is InChI=1S/C23H27N3O4/c1-16(24-25-23(27)18-7-9-21-22(13-18)30-15-29-21)17-6-8-20(28-2)19(12-17)14-26-10-4-3-5-11-26/h6-9,12-13H,3-5,10-11,14-15H2,1-2H3,(H,25,27)/p+1/b24-16-. The van der Waals surface area contributed by atoms with Gasteiger partial charge in [-0.3, -0.25) is 4.79 Å². The van der Waals surface area contributed by atoms with Crippen LogP contribution in [-0.4, -0.2) is 38.6 Å². The third-order valence-corrected chi connectivity index (χ3v) is 5.66. The zero-order valence-electron chi connectivity index (χ0n) is 17.5. The molecule has 0 unspecified atom stereocenters. The van der Waals surface area contributed by atoms with E-state index in [0.29, 0.717) is 17.1 Å². The maximum atomic E-state index is 12.5. The van der Waals surface area contributed by atoms with Crippen LogP contribution in [0.5, 0.6) is 17.2 Å². The fourth-order valence-corrected chi connectivity index (χ4v) is 3.94. The summed E-state index contributed by atoms with van der Waals surface area (Å²) in [5.41, 5.74) is 5.98. The van der Waals surface area contributed by atoms with E-state index in [2.05, 4.69) is 16.6 Å². The molecule has 2 aliphatic heterocycles. The van der Waals surface area contributed by atoms with Gasteiger partial charge in [0.15, 0.2) is 11.5 Å². The Bertz CT molecular complexity index is 951. The lowest BCUT2D eigenvalue weighted by atomic mass is 10.0. The van der Waals surface area contributed by atoms with Gasteiger partial charge in [0.1, 0.15) is 12.3 Å². The van der Waals surface area contributed by atoms with E-state index in [1.807, 2.05) is 19.1 Å². The molecule has 0 bridgehead atoms. The number of nitrogens with one attached hydrogen (secondary N) is 2. The monoisotopic (exact) mass is 410 g/mol. The fourth-order valence-electron chi connectivity index (χ4n) is 3.94. The second kappa shape index (κ2) is 9.17. The summed E-state index contributed by atoms with van der Waals surface area (Å²) in [5, 5.41) is 4.31. The van der Waals surface area contributed by atoms with Gasteiger partial charge in [0, 0.05) is 11.1 Å². The summed E-state index contributed by atoms with van der Waals surface area (Å²) in [6.45, 7) is 5.40. The first-order chi connectivity index (χ1) is 14.6. The number of benzene rings is 2. The number of hydrazone groups is 1. The van der Waals surface area contributed by atoms with Gasteiger partial charge in [0.2, 0.25) is 6.79 Å². The molecule has 158 valence electrons. The van der Waals surface area contributed by atoms with Gasteiger partial charge in [0.25, 0.3) is 5.91 Å². The van der Waals surface area contributed by atoms with Crippen molar-refractivity contribution in [1.82, 2.24) is 5.43 Å².